The first-order valence-electron chi connectivity index (χ1n) is 9.95. The van der Waals surface area contributed by atoms with Crippen LogP contribution in [0.1, 0.15) is 29.7 Å². The summed E-state index contributed by atoms with van der Waals surface area (Å²) in [5.74, 6) is 0.951. The van der Waals surface area contributed by atoms with Crippen LogP contribution in [0.2, 0.25) is 0 Å². The third-order valence-electron chi connectivity index (χ3n) is 5.10. The largest absolute Gasteiger partial charge is 0.379 e. The molecule has 2 atom stereocenters. The van der Waals surface area contributed by atoms with Gasteiger partial charge in [-0.15, -0.1) is 11.8 Å². The fraction of sp³-hybridized carbons (Fsp3) is 0.435. The van der Waals surface area contributed by atoms with E-state index in [1.165, 1.54) is 16.7 Å². The Bertz CT molecular complexity index is 747. The molecule has 1 aliphatic rings. The van der Waals surface area contributed by atoms with Crippen molar-refractivity contribution >= 4 is 17.7 Å². The van der Waals surface area contributed by atoms with E-state index < -0.39 is 0 Å². The van der Waals surface area contributed by atoms with Crippen LogP contribution in [0.3, 0.4) is 0 Å². The normalized spacial score (nSPS) is 17.1. The van der Waals surface area contributed by atoms with E-state index in [0.717, 1.165) is 32.1 Å². The van der Waals surface area contributed by atoms with Gasteiger partial charge in [-0.05, 0) is 25.0 Å². The first kappa shape index (κ1) is 20.9. The van der Waals surface area contributed by atoms with E-state index in [9.17, 15) is 4.79 Å². The second kappa shape index (κ2) is 10.6. The summed E-state index contributed by atoms with van der Waals surface area (Å²) in [5.41, 5.74) is 3.75. The van der Waals surface area contributed by atoms with Gasteiger partial charge in [-0.2, -0.15) is 0 Å². The molecule has 2 aromatic rings. The van der Waals surface area contributed by atoms with Gasteiger partial charge in [0.1, 0.15) is 0 Å². The monoisotopic (exact) mass is 398 g/mol. The molecule has 0 radical (unpaired) electrons. The average Bonchev–Trinajstić information content (AvgIpc) is 2.73. The second-order valence-corrected chi connectivity index (χ2v) is 8.59. The molecule has 150 valence electrons. The van der Waals surface area contributed by atoms with Crippen molar-refractivity contribution in [3.63, 3.8) is 0 Å². The maximum absolute atomic E-state index is 12.7. The van der Waals surface area contributed by atoms with Gasteiger partial charge in [-0.1, -0.05) is 60.2 Å². The Balaban J connectivity index is 1.58. The number of rotatable bonds is 8. The lowest BCUT2D eigenvalue weighted by atomic mass is 10.0. The number of nitrogens with zero attached hydrogens (tertiary/aromatic N) is 1. The third kappa shape index (κ3) is 6.09. The maximum atomic E-state index is 12.7. The number of benzene rings is 2. The lowest BCUT2D eigenvalue weighted by Crippen LogP contribution is -2.44. The Morgan fingerprint density at radius 1 is 1.14 bits per heavy atom. The van der Waals surface area contributed by atoms with Crippen molar-refractivity contribution in [3.8, 4) is 0 Å². The highest BCUT2D eigenvalue weighted by Crippen LogP contribution is 2.23. The van der Waals surface area contributed by atoms with Crippen LogP contribution in [0.25, 0.3) is 0 Å². The molecule has 3 rings (SSSR count). The van der Waals surface area contributed by atoms with Crippen molar-refractivity contribution < 1.29 is 9.53 Å². The van der Waals surface area contributed by atoms with Crippen molar-refractivity contribution in [1.29, 1.82) is 0 Å². The number of hydrogen-bond acceptors (Lipinski definition) is 4. The number of hydrogen-bond donors (Lipinski definition) is 1. The summed E-state index contributed by atoms with van der Waals surface area (Å²) in [6, 6.07) is 19.1. The van der Waals surface area contributed by atoms with Crippen LogP contribution in [-0.2, 0) is 15.3 Å². The van der Waals surface area contributed by atoms with Crippen LogP contribution < -0.4 is 5.32 Å². The van der Waals surface area contributed by atoms with Crippen LogP contribution in [0, 0.1) is 6.92 Å². The number of ether oxygens (including phenoxy) is 1. The van der Waals surface area contributed by atoms with E-state index in [4.69, 9.17) is 4.74 Å². The predicted molar refractivity (Wildman–Crippen MR) is 117 cm³/mol. The van der Waals surface area contributed by atoms with E-state index in [-0.39, 0.29) is 17.2 Å². The molecule has 0 unspecified atom stereocenters. The van der Waals surface area contributed by atoms with E-state index in [1.807, 2.05) is 25.1 Å². The average molecular weight is 399 g/mol. The quantitative estimate of drug-likeness (QED) is 0.734. The number of aryl methyl sites for hydroxylation is 1. The molecule has 1 heterocycles. The molecule has 0 bridgehead atoms. The topological polar surface area (TPSA) is 41.6 Å². The van der Waals surface area contributed by atoms with Crippen molar-refractivity contribution in [1.82, 2.24) is 10.2 Å². The van der Waals surface area contributed by atoms with Crippen molar-refractivity contribution in [2.24, 2.45) is 0 Å². The molecule has 1 fully saturated rings. The molecule has 28 heavy (non-hydrogen) atoms. The van der Waals surface area contributed by atoms with E-state index in [2.05, 4.69) is 53.5 Å². The molecule has 1 saturated heterocycles. The Morgan fingerprint density at radius 2 is 1.89 bits per heavy atom. The molecular weight excluding hydrogens is 368 g/mol. The fourth-order valence-corrected chi connectivity index (χ4v) is 4.31. The highest BCUT2D eigenvalue weighted by molar-refractivity contribution is 7.99. The van der Waals surface area contributed by atoms with Crippen LogP contribution in [0.5, 0.6) is 0 Å². The zero-order valence-electron chi connectivity index (χ0n) is 16.8. The third-order valence-corrected chi connectivity index (χ3v) is 6.31. The van der Waals surface area contributed by atoms with Crippen LogP contribution in [0.15, 0.2) is 54.6 Å². The van der Waals surface area contributed by atoms with Crippen molar-refractivity contribution in [2.75, 3.05) is 32.8 Å². The minimum Gasteiger partial charge on any atom is -0.379 e. The summed E-state index contributed by atoms with van der Waals surface area (Å²) in [7, 11) is 0. The smallest absolute Gasteiger partial charge is 0.232 e. The molecule has 0 spiro atoms. The van der Waals surface area contributed by atoms with Gasteiger partial charge in [-0.25, -0.2) is 0 Å². The Morgan fingerprint density at radius 3 is 2.61 bits per heavy atom. The molecule has 1 N–H and O–H groups in total. The van der Waals surface area contributed by atoms with Crippen LogP contribution in [0.4, 0.5) is 0 Å². The van der Waals surface area contributed by atoms with E-state index in [0.29, 0.717) is 6.54 Å². The number of amides is 1. The zero-order chi connectivity index (χ0) is 19.8. The Labute approximate surface area is 172 Å². The fourth-order valence-electron chi connectivity index (χ4n) is 3.44. The van der Waals surface area contributed by atoms with E-state index >= 15 is 0 Å². The first-order chi connectivity index (χ1) is 13.6. The standard InChI is InChI=1S/C23H30N2O2S/c1-18-7-6-10-21(15-18)22(25-11-13-27-14-12-25)16-24-23(26)19(2)28-17-20-8-4-3-5-9-20/h3-10,15,19,22H,11-14,16-17H2,1-2H3,(H,24,26)/t19-,22-/m0/s1. The number of thioether (sulfide) groups is 1. The van der Waals surface area contributed by atoms with Gasteiger partial charge >= 0.3 is 0 Å². The summed E-state index contributed by atoms with van der Waals surface area (Å²) in [5, 5.41) is 3.11. The summed E-state index contributed by atoms with van der Waals surface area (Å²) >= 11 is 1.68. The summed E-state index contributed by atoms with van der Waals surface area (Å²) in [6.45, 7) is 8.01. The minimum atomic E-state index is -0.0805. The van der Waals surface area contributed by atoms with Crippen molar-refractivity contribution in [2.45, 2.75) is 30.9 Å². The highest BCUT2D eigenvalue weighted by atomic mass is 32.2. The lowest BCUT2D eigenvalue weighted by Gasteiger charge is -2.35. The lowest BCUT2D eigenvalue weighted by molar-refractivity contribution is -0.120. The van der Waals surface area contributed by atoms with Gasteiger partial charge in [0.2, 0.25) is 5.91 Å². The van der Waals surface area contributed by atoms with Gasteiger partial charge < -0.3 is 10.1 Å². The molecule has 1 aliphatic heterocycles. The van der Waals surface area contributed by atoms with Crippen LogP contribution >= 0.6 is 11.8 Å². The molecule has 0 saturated carbocycles. The molecule has 5 heteroatoms. The highest BCUT2D eigenvalue weighted by Gasteiger charge is 2.24. The Hall–Kier alpha value is -1.82. The van der Waals surface area contributed by atoms with Gasteiger partial charge in [0.15, 0.2) is 0 Å². The van der Waals surface area contributed by atoms with Crippen molar-refractivity contribution in [3.05, 3.63) is 71.3 Å². The molecule has 2 aromatic carbocycles. The molecule has 0 aromatic heterocycles. The number of carbonyl (C=O) groups excluding carboxylic acids is 1. The summed E-state index contributed by atoms with van der Waals surface area (Å²) < 4.78 is 5.51. The van der Waals surface area contributed by atoms with Gasteiger partial charge in [0.05, 0.1) is 24.5 Å². The minimum absolute atomic E-state index is 0.0805. The molecule has 4 nitrogen and oxygen atoms in total. The summed E-state index contributed by atoms with van der Waals surface area (Å²) in [6.07, 6.45) is 0. The molecule has 1 amide bonds. The van der Waals surface area contributed by atoms with Gasteiger partial charge in [0, 0.05) is 25.4 Å². The van der Waals surface area contributed by atoms with Gasteiger partial charge in [0.25, 0.3) is 0 Å². The maximum Gasteiger partial charge on any atom is 0.232 e. The zero-order valence-corrected chi connectivity index (χ0v) is 17.6. The first-order valence-corrected chi connectivity index (χ1v) is 11.0. The SMILES string of the molecule is Cc1cccc([C@H](CNC(=O)[C@H](C)SCc2ccccc2)N2CCOCC2)c1. The van der Waals surface area contributed by atoms with Gasteiger partial charge in [-0.3, -0.25) is 9.69 Å². The number of carbonyl (C=O) groups is 1. The molecule has 0 aliphatic carbocycles. The number of morpholine rings is 1. The summed E-state index contributed by atoms with van der Waals surface area (Å²) in [4.78, 5) is 15.1. The predicted octanol–water partition coefficient (Wildman–Crippen LogP) is 3.81. The molecular formula is C23H30N2O2S. The number of nitrogens with one attached hydrogen (secondary N) is 1. The van der Waals surface area contributed by atoms with Crippen LogP contribution in [-0.4, -0.2) is 48.9 Å². The Kier molecular flexibility index (Phi) is 7.95. The second-order valence-electron chi connectivity index (χ2n) is 7.26. The van der Waals surface area contributed by atoms with E-state index in [1.54, 1.807) is 11.8 Å².